The molecule has 1 aliphatic heterocycles. The number of fused-ring (bicyclic) bond motifs is 1. The zero-order valence-corrected chi connectivity index (χ0v) is 16.5. The van der Waals surface area contributed by atoms with Crippen LogP contribution in [0, 0.1) is 0 Å². The van der Waals surface area contributed by atoms with E-state index >= 15 is 0 Å². The van der Waals surface area contributed by atoms with Gasteiger partial charge < -0.3 is 19.5 Å². The highest BCUT2D eigenvalue weighted by Gasteiger charge is 2.26. The summed E-state index contributed by atoms with van der Waals surface area (Å²) in [6.45, 7) is 0.913. The normalized spacial score (nSPS) is 13.2. The molecule has 0 unspecified atom stereocenters. The number of benzene rings is 2. The van der Waals surface area contributed by atoms with Crippen LogP contribution in [-0.2, 0) is 6.42 Å². The van der Waals surface area contributed by atoms with Crippen LogP contribution >= 0.6 is 0 Å². The standard InChI is InChI=1S/C22H25N3O3/c1-26-17-11-5-4-10-16(17)25-22-15(9-6-7-14-23-22)21(24-25)20-18(27-2)12-8-13-19(20)28-3/h4-5,8,10-13,23H,6-7,9,14H2,1-3H3. The SMILES string of the molecule is COc1ccccc1-n1nc(-c2c(OC)cccc2OC)c2c1NCCCC2. The molecule has 6 nitrogen and oxygen atoms in total. The molecule has 1 aromatic heterocycles. The minimum atomic E-state index is 0.746. The Hall–Kier alpha value is -3.15. The monoisotopic (exact) mass is 379 g/mol. The molecule has 6 heteroatoms. The molecule has 0 radical (unpaired) electrons. The van der Waals surface area contributed by atoms with E-state index in [1.54, 1.807) is 21.3 Å². The van der Waals surface area contributed by atoms with Crippen molar-refractivity contribution in [2.24, 2.45) is 0 Å². The number of rotatable bonds is 5. The molecule has 2 heterocycles. The topological polar surface area (TPSA) is 57.5 Å². The minimum Gasteiger partial charge on any atom is -0.496 e. The van der Waals surface area contributed by atoms with Crippen molar-refractivity contribution in [1.82, 2.24) is 9.78 Å². The Morgan fingerprint density at radius 2 is 1.54 bits per heavy atom. The maximum absolute atomic E-state index is 5.65. The number of nitrogens with one attached hydrogen (secondary N) is 1. The molecule has 146 valence electrons. The second kappa shape index (κ2) is 7.84. The molecule has 0 spiro atoms. The van der Waals surface area contributed by atoms with Crippen molar-refractivity contribution in [3.8, 4) is 34.2 Å². The molecule has 1 N–H and O–H groups in total. The van der Waals surface area contributed by atoms with Crippen molar-refractivity contribution in [1.29, 1.82) is 0 Å². The van der Waals surface area contributed by atoms with Crippen LogP contribution < -0.4 is 19.5 Å². The fourth-order valence-corrected chi connectivity index (χ4v) is 3.77. The van der Waals surface area contributed by atoms with Crippen LogP contribution in [0.4, 0.5) is 5.82 Å². The quantitative estimate of drug-likeness (QED) is 0.716. The number of ether oxygens (including phenoxy) is 3. The second-order valence-corrected chi connectivity index (χ2v) is 6.68. The van der Waals surface area contributed by atoms with Crippen LogP contribution in [0.2, 0.25) is 0 Å². The van der Waals surface area contributed by atoms with Gasteiger partial charge in [0.1, 0.15) is 34.4 Å². The van der Waals surface area contributed by atoms with E-state index in [1.165, 1.54) is 5.56 Å². The molecule has 0 fully saturated rings. The van der Waals surface area contributed by atoms with Gasteiger partial charge in [-0.1, -0.05) is 18.2 Å². The fourth-order valence-electron chi connectivity index (χ4n) is 3.77. The summed E-state index contributed by atoms with van der Waals surface area (Å²) >= 11 is 0. The van der Waals surface area contributed by atoms with Crippen molar-refractivity contribution in [3.63, 3.8) is 0 Å². The summed E-state index contributed by atoms with van der Waals surface area (Å²) < 4.78 is 18.8. The van der Waals surface area contributed by atoms with Crippen molar-refractivity contribution < 1.29 is 14.2 Å². The van der Waals surface area contributed by atoms with Gasteiger partial charge in [-0.15, -0.1) is 0 Å². The van der Waals surface area contributed by atoms with Gasteiger partial charge in [-0.25, -0.2) is 4.68 Å². The number of methoxy groups -OCH3 is 3. The largest absolute Gasteiger partial charge is 0.496 e. The first-order valence-electron chi connectivity index (χ1n) is 9.49. The predicted molar refractivity (Wildman–Crippen MR) is 110 cm³/mol. The molecule has 0 aliphatic carbocycles. The minimum absolute atomic E-state index is 0.746. The average molecular weight is 379 g/mol. The second-order valence-electron chi connectivity index (χ2n) is 6.68. The van der Waals surface area contributed by atoms with E-state index in [0.29, 0.717) is 0 Å². The zero-order chi connectivity index (χ0) is 19.5. The maximum Gasteiger partial charge on any atom is 0.144 e. The third kappa shape index (κ3) is 3.05. The Bertz CT molecular complexity index is 959. The highest BCUT2D eigenvalue weighted by molar-refractivity contribution is 5.80. The van der Waals surface area contributed by atoms with Gasteiger partial charge >= 0.3 is 0 Å². The number of anilines is 1. The van der Waals surface area contributed by atoms with Crippen LogP contribution in [0.25, 0.3) is 16.9 Å². The van der Waals surface area contributed by atoms with Crippen molar-refractivity contribution in [3.05, 3.63) is 48.0 Å². The van der Waals surface area contributed by atoms with Crippen LogP contribution in [0.15, 0.2) is 42.5 Å². The number of aromatic nitrogens is 2. The lowest BCUT2D eigenvalue weighted by Gasteiger charge is -2.12. The van der Waals surface area contributed by atoms with Gasteiger partial charge in [0.15, 0.2) is 0 Å². The van der Waals surface area contributed by atoms with Crippen LogP contribution in [0.5, 0.6) is 17.2 Å². The van der Waals surface area contributed by atoms with Crippen molar-refractivity contribution in [2.45, 2.75) is 19.3 Å². The lowest BCUT2D eigenvalue weighted by molar-refractivity contribution is 0.397. The summed E-state index contributed by atoms with van der Waals surface area (Å²) in [5.74, 6) is 3.27. The highest BCUT2D eigenvalue weighted by Crippen LogP contribution is 2.43. The molecule has 0 amide bonds. The summed E-state index contributed by atoms with van der Waals surface area (Å²) in [5.41, 5.74) is 3.83. The van der Waals surface area contributed by atoms with E-state index < -0.39 is 0 Å². The number of hydrogen-bond acceptors (Lipinski definition) is 5. The van der Waals surface area contributed by atoms with Crippen LogP contribution in [0.1, 0.15) is 18.4 Å². The van der Waals surface area contributed by atoms with Gasteiger partial charge in [-0.2, -0.15) is 5.10 Å². The van der Waals surface area contributed by atoms with E-state index in [9.17, 15) is 0 Å². The maximum atomic E-state index is 5.65. The highest BCUT2D eigenvalue weighted by atomic mass is 16.5. The molecule has 0 atom stereocenters. The van der Waals surface area contributed by atoms with Crippen molar-refractivity contribution >= 4 is 5.82 Å². The third-order valence-corrected chi connectivity index (χ3v) is 5.11. The van der Waals surface area contributed by atoms with Crippen molar-refractivity contribution in [2.75, 3.05) is 33.2 Å². The third-order valence-electron chi connectivity index (χ3n) is 5.11. The van der Waals surface area contributed by atoms with Crippen LogP contribution in [-0.4, -0.2) is 37.7 Å². The van der Waals surface area contributed by atoms with E-state index in [-0.39, 0.29) is 0 Å². The lowest BCUT2D eigenvalue weighted by atomic mass is 10.0. The van der Waals surface area contributed by atoms with E-state index in [2.05, 4.69) is 5.32 Å². The van der Waals surface area contributed by atoms with Crippen LogP contribution in [0.3, 0.4) is 0 Å². The predicted octanol–water partition coefficient (Wildman–Crippen LogP) is 4.31. The smallest absolute Gasteiger partial charge is 0.144 e. The molecule has 0 saturated heterocycles. The summed E-state index contributed by atoms with van der Waals surface area (Å²) in [6.07, 6.45) is 3.15. The Kier molecular flexibility index (Phi) is 5.10. The zero-order valence-electron chi connectivity index (χ0n) is 16.5. The first-order chi connectivity index (χ1) is 13.8. The van der Waals surface area contributed by atoms with Gasteiger partial charge in [0.2, 0.25) is 0 Å². The molecule has 0 saturated carbocycles. The van der Waals surface area contributed by atoms with E-state index in [4.69, 9.17) is 19.3 Å². The summed E-state index contributed by atoms with van der Waals surface area (Å²) in [4.78, 5) is 0. The number of hydrogen-bond donors (Lipinski definition) is 1. The summed E-state index contributed by atoms with van der Waals surface area (Å²) in [6, 6.07) is 13.7. The molecular weight excluding hydrogens is 354 g/mol. The molecule has 0 bridgehead atoms. The molecule has 2 aromatic carbocycles. The molecule has 28 heavy (non-hydrogen) atoms. The van der Waals surface area contributed by atoms with Gasteiger partial charge in [-0.05, 0) is 43.5 Å². The summed E-state index contributed by atoms with van der Waals surface area (Å²) in [7, 11) is 5.03. The van der Waals surface area contributed by atoms with Gasteiger partial charge in [0, 0.05) is 12.1 Å². The summed E-state index contributed by atoms with van der Waals surface area (Å²) in [5, 5.41) is 8.59. The Balaban J connectivity index is 2.00. The fraction of sp³-hybridized carbons (Fsp3) is 0.318. The Morgan fingerprint density at radius 3 is 2.25 bits per heavy atom. The van der Waals surface area contributed by atoms with E-state index in [1.807, 2.05) is 47.1 Å². The first-order valence-corrected chi connectivity index (χ1v) is 9.49. The lowest BCUT2D eigenvalue weighted by Crippen LogP contribution is -2.08. The van der Waals surface area contributed by atoms with Gasteiger partial charge in [0.25, 0.3) is 0 Å². The van der Waals surface area contributed by atoms with Gasteiger partial charge in [0.05, 0.1) is 26.9 Å². The molecule has 1 aliphatic rings. The van der Waals surface area contributed by atoms with E-state index in [0.717, 1.165) is 65.8 Å². The molecule has 3 aromatic rings. The van der Waals surface area contributed by atoms with Gasteiger partial charge in [-0.3, -0.25) is 0 Å². The number of nitrogens with zero attached hydrogens (tertiary/aromatic N) is 2. The molecule has 4 rings (SSSR count). The average Bonchev–Trinajstić information content (AvgIpc) is 2.92. The first kappa shape index (κ1) is 18.2. The number of para-hydroxylation sites is 2. The Morgan fingerprint density at radius 1 is 0.857 bits per heavy atom. The molecular formula is C22H25N3O3. The Labute approximate surface area is 165 Å².